The van der Waals surface area contributed by atoms with E-state index in [2.05, 4.69) is 10.6 Å². The van der Waals surface area contributed by atoms with Crippen molar-refractivity contribution in [3.8, 4) is 5.75 Å². The van der Waals surface area contributed by atoms with Crippen LogP contribution in [0.15, 0.2) is 53.7 Å². The lowest BCUT2D eigenvalue weighted by Gasteiger charge is -2.30. The molecular formula is C22H22Cl2N2O4. The van der Waals surface area contributed by atoms with Crippen molar-refractivity contribution in [1.82, 2.24) is 10.6 Å². The number of nitrogens with one attached hydrogen (secondary N) is 2. The number of urea groups is 1. The van der Waals surface area contributed by atoms with E-state index in [0.717, 1.165) is 5.56 Å². The first kappa shape index (κ1) is 22.0. The van der Waals surface area contributed by atoms with Crippen molar-refractivity contribution in [2.75, 3.05) is 6.61 Å². The minimum absolute atomic E-state index is 0.232. The van der Waals surface area contributed by atoms with Crippen molar-refractivity contribution in [2.24, 2.45) is 0 Å². The highest BCUT2D eigenvalue weighted by Gasteiger charge is 2.34. The topological polar surface area (TPSA) is 76.7 Å². The summed E-state index contributed by atoms with van der Waals surface area (Å²) in [4.78, 5) is 24.9. The number of hydrogen-bond donors (Lipinski definition) is 2. The smallest absolute Gasteiger partial charge is 0.338 e. The second kappa shape index (κ2) is 9.87. The van der Waals surface area contributed by atoms with Gasteiger partial charge in [0.15, 0.2) is 0 Å². The summed E-state index contributed by atoms with van der Waals surface area (Å²) in [5.74, 6) is 0.0548. The Morgan fingerprint density at radius 1 is 1.10 bits per heavy atom. The molecule has 2 aromatic carbocycles. The molecule has 158 valence electrons. The van der Waals surface area contributed by atoms with Crippen LogP contribution in [0.25, 0.3) is 0 Å². The second-order valence-electron chi connectivity index (χ2n) is 6.57. The number of benzene rings is 2. The summed E-state index contributed by atoms with van der Waals surface area (Å²) in [7, 11) is 0. The number of carbonyl (C=O) groups is 2. The molecule has 1 heterocycles. The lowest BCUT2D eigenvalue weighted by atomic mass is 9.93. The molecule has 0 radical (unpaired) electrons. The molecule has 30 heavy (non-hydrogen) atoms. The maximum atomic E-state index is 12.7. The average Bonchev–Trinajstić information content (AvgIpc) is 2.74. The quantitative estimate of drug-likeness (QED) is 0.573. The summed E-state index contributed by atoms with van der Waals surface area (Å²) < 4.78 is 11.3. The van der Waals surface area contributed by atoms with Gasteiger partial charge in [0, 0.05) is 11.3 Å². The van der Waals surface area contributed by atoms with Crippen LogP contribution in [-0.2, 0) is 16.1 Å². The molecule has 2 amide bonds. The van der Waals surface area contributed by atoms with Gasteiger partial charge in [0.2, 0.25) is 0 Å². The monoisotopic (exact) mass is 448 g/mol. The first-order chi connectivity index (χ1) is 14.4. The van der Waals surface area contributed by atoms with Gasteiger partial charge in [0.05, 0.1) is 28.3 Å². The number of hydrogen-bond acceptors (Lipinski definition) is 4. The Labute approximate surface area is 185 Å². The second-order valence-corrected chi connectivity index (χ2v) is 7.39. The van der Waals surface area contributed by atoms with Crippen LogP contribution in [-0.4, -0.2) is 18.6 Å². The summed E-state index contributed by atoms with van der Waals surface area (Å²) >= 11 is 12.1. The Hall–Kier alpha value is -2.70. The van der Waals surface area contributed by atoms with Crippen molar-refractivity contribution in [3.05, 3.63) is 74.9 Å². The number of rotatable bonds is 7. The molecule has 0 fully saturated rings. The molecule has 1 aliphatic heterocycles. The average molecular weight is 449 g/mol. The number of para-hydroxylation sites is 1. The van der Waals surface area contributed by atoms with E-state index in [1.807, 2.05) is 31.2 Å². The highest BCUT2D eigenvalue weighted by molar-refractivity contribution is 6.42. The van der Waals surface area contributed by atoms with E-state index in [1.54, 1.807) is 25.1 Å². The normalized spacial score (nSPS) is 16.0. The lowest BCUT2D eigenvalue weighted by Crippen LogP contribution is -2.46. The van der Waals surface area contributed by atoms with Crippen LogP contribution < -0.4 is 15.4 Å². The van der Waals surface area contributed by atoms with Gasteiger partial charge in [-0.05, 0) is 37.1 Å². The predicted octanol–water partition coefficient (Wildman–Crippen LogP) is 5.15. The molecule has 0 aliphatic carbocycles. The fourth-order valence-corrected chi connectivity index (χ4v) is 3.54. The minimum atomic E-state index is -0.697. The van der Waals surface area contributed by atoms with Gasteiger partial charge in [-0.2, -0.15) is 0 Å². The van der Waals surface area contributed by atoms with E-state index < -0.39 is 12.0 Å². The van der Waals surface area contributed by atoms with Crippen molar-refractivity contribution < 1.29 is 19.1 Å². The van der Waals surface area contributed by atoms with E-state index in [9.17, 15) is 9.59 Å². The number of amides is 2. The summed E-state index contributed by atoms with van der Waals surface area (Å²) in [5.41, 5.74) is 2.39. The van der Waals surface area contributed by atoms with Gasteiger partial charge in [-0.1, -0.05) is 54.4 Å². The first-order valence-electron chi connectivity index (χ1n) is 9.57. The number of allylic oxidation sites excluding steroid dienone is 1. The Balaban J connectivity index is 1.94. The molecule has 3 rings (SSSR count). The lowest BCUT2D eigenvalue weighted by molar-refractivity contribution is -0.139. The third-order valence-corrected chi connectivity index (χ3v) is 5.35. The van der Waals surface area contributed by atoms with E-state index >= 15 is 0 Å². The number of halogens is 2. The fourth-order valence-electron chi connectivity index (χ4n) is 3.22. The van der Waals surface area contributed by atoms with Gasteiger partial charge in [0.25, 0.3) is 0 Å². The van der Waals surface area contributed by atoms with E-state index in [-0.39, 0.29) is 19.2 Å². The Kier molecular flexibility index (Phi) is 7.24. The van der Waals surface area contributed by atoms with E-state index in [1.165, 1.54) is 0 Å². The van der Waals surface area contributed by atoms with E-state index in [0.29, 0.717) is 39.0 Å². The molecule has 2 N–H and O–H groups in total. The Bertz CT molecular complexity index is 991. The van der Waals surface area contributed by atoms with Crippen LogP contribution in [0.4, 0.5) is 4.79 Å². The van der Waals surface area contributed by atoms with Crippen LogP contribution >= 0.6 is 23.2 Å². The zero-order valence-corrected chi connectivity index (χ0v) is 18.1. The molecule has 6 nitrogen and oxygen atoms in total. The number of carbonyl (C=O) groups excluding carboxylic acids is 2. The summed E-state index contributed by atoms with van der Waals surface area (Å²) in [6, 6.07) is 11.4. The van der Waals surface area contributed by atoms with Gasteiger partial charge in [-0.15, -0.1) is 0 Å². The van der Waals surface area contributed by atoms with Gasteiger partial charge < -0.3 is 20.1 Å². The van der Waals surface area contributed by atoms with E-state index in [4.69, 9.17) is 32.7 Å². The molecular weight excluding hydrogens is 427 g/mol. The third-order valence-electron chi connectivity index (χ3n) is 4.61. The standard InChI is InChI=1S/C22H22Cl2N2O4/c1-3-17-19(21(27)29-4-2)20(26-22(28)25-17)14-7-5-6-8-18(14)30-12-13-9-10-15(23)16(24)11-13/h5-11,20H,3-4,12H2,1-2H3,(H2,25,26,28). The largest absolute Gasteiger partial charge is 0.489 e. The van der Waals surface area contributed by atoms with Crippen molar-refractivity contribution >= 4 is 35.2 Å². The molecule has 1 aliphatic rings. The van der Waals surface area contributed by atoms with Crippen LogP contribution in [0.2, 0.25) is 10.0 Å². The molecule has 0 aromatic heterocycles. The maximum absolute atomic E-state index is 12.7. The fraction of sp³-hybridized carbons (Fsp3) is 0.273. The van der Waals surface area contributed by atoms with Gasteiger partial charge in [0.1, 0.15) is 12.4 Å². The highest BCUT2D eigenvalue weighted by atomic mass is 35.5. The molecule has 0 saturated carbocycles. The molecule has 1 unspecified atom stereocenters. The summed E-state index contributed by atoms with van der Waals surface area (Å²) in [6.07, 6.45) is 0.477. The van der Waals surface area contributed by atoms with Gasteiger partial charge in [-0.25, -0.2) is 9.59 Å². The molecule has 0 saturated heterocycles. The van der Waals surface area contributed by atoms with Crippen LogP contribution in [0.3, 0.4) is 0 Å². The maximum Gasteiger partial charge on any atom is 0.338 e. The van der Waals surface area contributed by atoms with Crippen LogP contribution in [0.1, 0.15) is 37.4 Å². The third kappa shape index (κ3) is 4.89. The molecule has 1 atom stereocenters. The highest BCUT2D eigenvalue weighted by Crippen LogP contribution is 2.35. The summed E-state index contributed by atoms with van der Waals surface area (Å²) in [6.45, 7) is 4.08. The van der Waals surface area contributed by atoms with Crippen LogP contribution in [0.5, 0.6) is 5.75 Å². The summed E-state index contributed by atoms with van der Waals surface area (Å²) in [5, 5.41) is 6.43. The Morgan fingerprint density at radius 3 is 2.57 bits per heavy atom. The SMILES string of the molecule is CCOC(=O)C1=C(CC)NC(=O)NC1c1ccccc1OCc1ccc(Cl)c(Cl)c1. The molecule has 2 aromatic rings. The van der Waals surface area contributed by atoms with Crippen molar-refractivity contribution in [2.45, 2.75) is 32.9 Å². The molecule has 0 spiro atoms. The Morgan fingerprint density at radius 2 is 1.87 bits per heavy atom. The molecule has 0 bridgehead atoms. The zero-order valence-electron chi connectivity index (χ0n) is 16.6. The zero-order chi connectivity index (χ0) is 21.7. The first-order valence-corrected chi connectivity index (χ1v) is 10.3. The van der Waals surface area contributed by atoms with Crippen molar-refractivity contribution in [3.63, 3.8) is 0 Å². The molecule has 8 heteroatoms. The minimum Gasteiger partial charge on any atom is -0.489 e. The van der Waals surface area contributed by atoms with Gasteiger partial charge in [-0.3, -0.25) is 0 Å². The van der Waals surface area contributed by atoms with Crippen molar-refractivity contribution in [1.29, 1.82) is 0 Å². The van der Waals surface area contributed by atoms with Crippen LogP contribution in [0, 0.1) is 0 Å². The number of ether oxygens (including phenoxy) is 2. The predicted molar refractivity (Wildman–Crippen MR) is 116 cm³/mol. The van der Waals surface area contributed by atoms with Gasteiger partial charge >= 0.3 is 12.0 Å². The number of esters is 1.